The topological polar surface area (TPSA) is 354 Å². The molecule has 67 heavy (non-hydrogen) atoms. The smallest absolute Gasteiger partial charge is 0.243 e. The van der Waals surface area contributed by atoms with Crippen molar-refractivity contribution in [3.05, 3.63) is 0 Å². The van der Waals surface area contributed by atoms with E-state index in [1.807, 2.05) is 0 Å². The van der Waals surface area contributed by atoms with E-state index < -0.39 is 110 Å². The first-order valence-corrected chi connectivity index (χ1v) is 24.3. The Balaban J connectivity index is 3.13. The van der Waals surface area contributed by atoms with Gasteiger partial charge in [0, 0.05) is 51.9 Å². The number of hydrogen-bond donors (Lipinski definition) is 14. The lowest BCUT2D eigenvalue weighted by Crippen LogP contribution is -2.58. The summed E-state index contributed by atoms with van der Waals surface area (Å²) in [7, 11) is 0. The van der Waals surface area contributed by atoms with Crippen LogP contribution in [-0.2, 0) is 38.4 Å². The standard InChI is InChI=1S/C45H82N8O14/c1-2-3-4-5-6-7-8-9-10-11-12-13-14-15-24-46-42(64)34(16-20-38(60)47-25-31(57)28-54)51-44(66)36(17-21-39(61)48-26-32(58)29-55)53-45(67)37(18-22-40(62)49-27-33(59)30-56)52-43(65)35-19-23-41(63)50-35/h31-37,54-59H,2-30H2,1H3,(H,46,64)(H,47,60)(H,48,61)(H,49,62)(H,50,63)(H,51,66)(H,52,65)(H,53,67)/t31?,32?,33?,34-,35-,36-,37-/m0/s1. The quantitative estimate of drug-likeness (QED) is 0.0298. The molecular formula is C45H82N8O14. The van der Waals surface area contributed by atoms with Crippen molar-refractivity contribution >= 4 is 47.3 Å². The molecule has 0 radical (unpaired) electrons. The number of unbranched alkanes of at least 4 members (excludes halogenated alkanes) is 13. The molecule has 0 bridgehead atoms. The lowest BCUT2D eigenvalue weighted by Gasteiger charge is -2.26. The van der Waals surface area contributed by atoms with Gasteiger partial charge in [-0.15, -0.1) is 0 Å². The highest BCUT2D eigenvalue weighted by Gasteiger charge is 2.34. The van der Waals surface area contributed by atoms with Gasteiger partial charge in [-0.25, -0.2) is 0 Å². The molecule has 1 rings (SSSR count). The summed E-state index contributed by atoms with van der Waals surface area (Å²) in [5.41, 5.74) is 0. The van der Waals surface area contributed by atoms with Gasteiger partial charge in [0.05, 0.1) is 38.1 Å². The molecular weight excluding hydrogens is 877 g/mol. The number of rotatable bonds is 40. The number of carbonyl (C=O) groups is 8. The molecule has 22 heteroatoms. The molecule has 386 valence electrons. The highest BCUT2D eigenvalue weighted by Crippen LogP contribution is 2.14. The minimum atomic E-state index is -1.56. The minimum Gasteiger partial charge on any atom is -0.394 e. The number of nitrogens with one attached hydrogen (secondary N) is 8. The molecule has 0 saturated carbocycles. The van der Waals surface area contributed by atoms with Gasteiger partial charge in [0.25, 0.3) is 0 Å². The highest BCUT2D eigenvalue weighted by atomic mass is 16.3. The zero-order chi connectivity index (χ0) is 49.8. The molecule has 14 N–H and O–H groups in total. The van der Waals surface area contributed by atoms with Gasteiger partial charge in [0.15, 0.2) is 0 Å². The van der Waals surface area contributed by atoms with Crippen LogP contribution in [0, 0.1) is 0 Å². The molecule has 1 heterocycles. The van der Waals surface area contributed by atoms with Gasteiger partial charge in [0.1, 0.15) is 24.2 Å². The van der Waals surface area contributed by atoms with Crippen LogP contribution in [0.5, 0.6) is 0 Å². The molecule has 0 aliphatic carbocycles. The van der Waals surface area contributed by atoms with Crippen molar-refractivity contribution in [2.24, 2.45) is 0 Å². The monoisotopic (exact) mass is 959 g/mol. The third kappa shape index (κ3) is 29.8. The van der Waals surface area contributed by atoms with E-state index in [9.17, 15) is 53.7 Å². The number of aliphatic hydroxyl groups excluding tert-OH is 6. The maximum absolute atomic E-state index is 14.0. The molecule has 0 spiro atoms. The Hall–Kier alpha value is -4.48. The second-order valence-electron chi connectivity index (χ2n) is 17.3. The molecule has 3 unspecified atom stereocenters. The van der Waals surface area contributed by atoms with Gasteiger partial charge >= 0.3 is 0 Å². The molecule has 0 aromatic rings. The fourth-order valence-corrected chi connectivity index (χ4v) is 7.07. The summed E-state index contributed by atoms with van der Waals surface area (Å²) >= 11 is 0. The average Bonchev–Trinajstić information content (AvgIpc) is 3.77. The predicted molar refractivity (Wildman–Crippen MR) is 246 cm³/mol. The van der Waals surface area contributed by atoms with Crippen molar-refractivity contribution < 1.29 is 69.0 Å². The van der Waals surface area contributed by atoms with Gasteiger partial charge in [-0.3, -0.25) is 38.4 Å². The average molecular weight is 959 g/mol. The maximum atomic E-state index is 14.0. The van der Waals surface area contributed by atoms with Crippen LogP contribution in [-0.4, -0.2) is 166 Å². The van der Waals surface area contributed by atoms with Gasteiger partial charge < -0.3 is 73.2 Å². The van der Waals surface area contributed by atoms with E-state index in [4.69, 9.17) is 15.3 Å². The van der Waals surface area contributed by atoms with E-state index in [0.717, 1.165) is 25.7 Å². The summed E-state index contributed by atoms with van der Waals surface area (Å²) in [6.45, 7) is -0.256. The zero-order valence-electron chi connectivity index (χ0n) is 39.5. The van der Waals surface area contributed by atoms with Crippen molar-refractivity contribution in [1.29, 1.82) is 0 Å². The Morgan fingerprint density at radius 1 is 0.522 bits per heavy atom. The van der Waals surface area contributed by atoms with Gasteiger partial charge in [-0.05, 0) is 32.1 Å². The third-order valence-corrected chi connectivity index (χ3v) is 11.3. The molecule has 8 amide bonds. The van der Waals surface area contributed by atoms with Crippen LogP contribution in [0.25, 0.3) is 0 Å². The van der Waals surface area contributed by atoms with E-state index in [0.29, 0.717) is 6.42 Å². The lowest BCUT2D eigenvalue weighted by molar-refractivity contribution is -0.135. The molecule has 1 fully saturated rings. The Kier molecular flexibility index (Phi) is 33.9. The van der Waals surface area contributed by atoms with Crippen molar-refractivity contribution in [1.82, 2.24) is 42.5 Å². The van der Waals surface area contributed by atoms with E-state index in [-0.39, 0.29) is 77.0 Å². The van der Waals surface area contributed by atoms with Crippen LogP contribution in [0.1, 0.15) is 148 Å². The molecule has 1 aliphatic heterocycles. The van der Waals surface area contributed by atoms with E-state index in [1.165, 1.54) is 57.8 Å². The van der Waals surface area contributed by atoms with Crippen LogP contribution in [0.4, 0.5) is 0 Å². The van der Waals surface area contributed by atoms with Crippen molar-refractivity contribution in [2.75, 3.05) is 46.0 Å². The van der Waals surface area contributed by atoms with E-state index >= 15 is 0 Å². The predicted octanol–water partition coefficient (Wildman–Crippen LogP) is -1.93. The van der Waals surface area contributed by atoms with Crippen LogP contribution < -0.4 is 42.5 Å². The molecule has 0 aromatic carbocycles. The molecule has 1 saturated heterocycles. The van der Waals surface area contributed by atoms with Gasteiger partial charge in [-0.2, -0.15) is 0 Å². The van der Waals surface area contributed by atoms with Crippen molar-refractivity contribution in [2.45, 2.75) is 191 Å². The Morgan fingerprint density at radius 2 is 0.881 bits per heavy atom. The second kappa shape index (κ2) is 37.5. The van der Waals surface area contributed by atoms with Gasteiger partial charge in [-0.1, -0.05) is 90.4 Å². The normalized spacial score (nSPS) is 16.0. The number of carbonyl (C=O) groups excluding carboxylic acids is 8. The first-order chi connectivity index (χ1) is 32.1. The Morgan fingerprint density at radius 3 is 1.24 bits per heavy atom. The summed E-state index contributed by atoms with van der Waals surface area (Å²) < 4.78 is 0. The first kappa shape index (κ1) is 60.5. The second-order valence-corrected chi connectivity index (χ2v) is 17.3. The maximum Gasteiger partial charge on any atom is 0.243 e. The highest BCUT2D eigenvalue weighted by molar-refractivity contribution is 5.97. The fourth-order valence-electron chi connectivity index (χ4n) is 7.07. The van der Waals surface area contributed by atoms with Gasteiger partial charge in [0.2, 0.25) is 47.3 Å². The molecule has 22 nitrogen and oxygen atoms in total. The number of aliphatic hydroxyl groups is 6. The molecule has 0 aromatic heterocycles. The SMILES string of the molecule is CCCCCCCCCCCCCCCCNC(=O)[C@H](CCC(=O)NCC(O)CO)NC(=O)[C@H](CCC(=O)NCC(O)CO)NC(=O)[C@H](CCC(=O)NCC(O)CO)NC(=O)[C@@H]1CCC(=O)N1. The summed E-state index contributed by atoms with van der Waals surface area (Å²) in [5, 5.41) is 76.4. The minimum absolute atomic E-state index is 0.0602. The first-order valence-electron chi connectivity index (χ1n) is 24.3. The van der Waals surface area contributed by atoms with Crippen LogP contribution >= 0.6 is 0 Å². The van der Waals surface area contributed by atoms with Crippen LogP contribution in [0.15, 0.2) is 0 Å². The van der Waals surface area contributed by atoms with Crippen molar-refractivity contribution in [3.63, 3.8) is 0 Å². The van der Waals surface area contributed by atoms with Crippen molar-refractivity contribution in [3.8, 4) is 0 Å². The number of amides is 8. The Bertz CT molecular complexity index is 1480. The van der Waals surface area contributed by atoms with Crippen LogP contribution in [0.2, 0.25) is 0 Å². The largest absolute Gasteiger partial charge is 0.394 e. The van der Waals surface area contributed by atoms with Crippen LogP contribution in [0.3, 0.4) is 0 Å². The zero-order valence-corrected chi connectivity index (χ0v) is 39.5. The van der Waals surface area contributed by atoms with E-state index in [1.54, 1.807) is 0 Å². The Labute approximate surface area is 394 Å². The summed E-state index contributed by atoms with van der Waals surface area (Å²) in [6.07, 6.45) is 10.5. The molecule has 7 atom stereocenters. The molecule has 1 aliphatic rings. The summed E-state index contributed by atoms with van der Waals surface area (Å²) in [5.74, 6) is -5.60. The lowest BCUT2D eigenvalue weighted by atomic mass is 10.0. The third-order valence-electron chi connectivity index (χ3n) is 11.3. The summed E-state index contributed by atoms with van der Waals surface area (Å²) in [6, 6.07) is -5.36. The fraction of sp³-hybridized carbons (Fsp3) is 0.822. The number of hydrogen-bond acceptors (Lipinski definition) is 14. The van der Waals surface area contributed by atoms with E-state index in [2.05, 4.69) is 49.5 Å². The summed E-state index contributed by atoms with van der Waals surface area (Å²) in [4.78, 5) is 105.